The fraction of sp³-hybridized carbons (Fsp3) is 0.333. The maximum atomic E-state index is 10.3. The van der Waals surface area contributed by atoms with Gasteiger partial charge in [-0.25, -0.2) is 9.80 Å². The number of primary amides is 1. The van der Waals surface area contributed by atoms with Crippen LogP contribution in [0, 0.1) is 0 Å². The number of carboxylic acid groups (broad SMARTS) is 1. The Bertz CT molecular complexity index is 176. The Labute approximate surface area is 69.6 Å². The zero-order valence-electron chi connectivity index (χ0n) is 6.49. The smallest absolute Gasteiger partial charge is 0.326 e. The van der Waals surface area contributed by atoms with E-state index in [2.05, 4.69) is 12.0 Å². The first kappa shape index (κ1) is 10.4. The lowest BCUT2D eigenvalue weighted by molar-refractivity contribution is -0.138. The molecule has 0 bridgehead atoms. The summed E-state index contributed by atoms with van der Waals surface area (Å²) in [6.07, 6.45) is 1.46. The summed E-state index contributed by atoms with van der Waals surface area (Å²) in [5, 5.41) is 9.49. The van der Waals surface area contributed by atoms with E-state index in [1.54, 1.807) is 0 Å². The highest BCUT2D eigenvalue weighted by Gasteiger charge is 2.08. The summed E-state index contributed by atoms with van der Waals surface area (Å²) in [6, 6.07) is -0.793. The van der Waals surface area contributed by atoms with Gasteiger partial charge in [-0.2, -0.15) is 0 Å². The van der Waals surface area contributed by atoms with Crippen LogP contribution in [0.25, 0.3) is 0 Å². The van der Waals surface area contributed by atoms with Gasteiger partial charge in [-0.05, 0) is 0 Å². The van der Waals surface area contributed by atoms with Crippen LogP contribution in [0.15, 0.2) is 12.7 Å². The molecule has 0 aliphatic heterocycles. The quantitative estimate of drug-likeness (QED) is 0.372. The van der Waals surface area contributed by atoms with Gasteiger partial charge in [0.2, 0.25) is 0 Å². The van der Waals surface area contributed by atoms with Crippen molar-refractivity contribution in [2.45, 2.75) is 0 Å². The number of carbonyl (C=O) groups is 2. The Hall–Kier alpha value is -1.56. The third-order valence-electron chi connectivity index (χ3n) is 0.944. The van der Waals surface area contributed by atoms with Crippen molar-refractivity contribution in [1.29, 1.82) is 0 Å². The Morgan fingerprint density at radius 2 is 2.25 bits per heavy atom. The van der Waals surface area contributed by atoms with Crippen molar-refractivity contribution in [2.75, 3.05) is 13.1 Å². The molecule has 12 heavy (non-hydrogen) atoms. The van der Waals surface area contributed by atoms with Gasteiger partial charge in [0.1, 0.15) is 6.54 Å². The molecule has 0 aliphatic carbocycles. The van der Waals surface area contributed by atoms with Gasteiger partial charge in [0.25, 0.3) is 0 Å². The van der Waals surface area contributed by atoms with Gasteiger partial charge in [-0.15, -0.1) is 6.58 Å². The zero-order chi connectivity index (χ0) is 9.56. The third kappa shape index (κ3) is 5.24. The molecule has 6 nitrogen and oxygen atoms in total. The minimum atomic E-state index is -1.05. The number of carbonyl (C=O) groups excluding carboxylic acids is 1. The van der Waals surface area contributed by atoms with Gasteiger partial charge in [0, 0.05) is 6.54 Å². The largest absolute Gasteiger partial charge is 0.480 e. The molecule has 6 heteroatoms. The molecule has 0 unspecified atom stereocenters. The topological polar surface area (TPSA) is 95.7 Å². The number of hydrazine groups is 1. The number of nitrogens with zero attached hydrogens (tertiary/aromatic N) is 1. The normalized spacial score (nSPS) is 9.42. The van der Waals surface area contributed by atoms with Gasteiger partial charge < -0.3 is 10.8 Å². The number of urea groups is 1. The summed E-state index contributed by atoms with van der Waals surface area (Å²) in [4.78, 5) is 20.5. The van der Waals surface area contributed by atoms with E-state index in [4.69, 9.17) is 10.8 Å². The molecule has 0 saturated heterocycles. The Morgan fingerprint density at radius 3 is 2.58 bits per heavy atom. The lowest BCUT2D eigenvalue weighted by atomic mass is 10.5. The molecule has 0 fully saturated rings. The van der Waals surface area contributed by atoms with E-state index in [0.29, 0.717) is 0 Å². The van der Waals surface area contributed by atoms with Crippen LogP contribution in [0.5, 0.6) is 0 Å². The second-order valence-electron chi connectivity index (χ2n) is 2.04. The van der Waals surface area contributed by atoms with Gasteiger partial charge in [-0.1, -0.05) is 6.08 Å². The predicted molar refractivity (Wildman–Crippen MR) is 42.1 cm³/mol. The maximum absolute atomic E-state index is 10.3. The van der Waals surface area contributed by atoms with Crippen molar-refractivity contribution >= 4 is 12.0 Å². The molecule has 0 atom stereocenters. The molecule has 0 heterocycles. The molecule has 0 aliphatic rings. The minimum Gasteiger partial charge on any atom is -0.480 e. The van der Waals surface area contributed by atoms with Crippen molar-refractivity contribution < 1.29 is 14.7 Å². The minimum absolute atomic E-state index is 0.231. The average molecular weight is 173 g/mol. The lowest BCUT2D eigenvalue weighted by Gasteiger charge is -2.17. The van der Waals surface area contributed by atoms with Crippen molar-refractivity contribution in [3.63, 3.8) is 0 Å². The lowest BCUT2D eigenvalue weighted by Crippen LogP contribution is -2.47. The SMILES string of the molecule is C=CCN(CC(=O)O)NC(N)=O. The predicted octanol–water partition coefficient (Wildman–Crippen LogP) is -0.858. The fourth-order valence-electron chi connectivity index (χ4n) is 0.625. The number of aliphatic carboxylic acids is 1. The van der Waals surface area contributed by atoms with E-state index in [1.807, 2.05) is 0 Å². The number of rotatable bonds is 5. The highest BCUT2D eigenvalue weighted by Crippen LogP contribution is 1.82. The molecule has 0 aromatic rings. The van der Waals surface area contributed by atoms with Crippen LogP contribution < -0.4 is 11.2 Å². The first-order chi connectivity index (χ1) is 5.56. The molecule has 0 aromatic heterocycles. The van der Waals surface area contributed by atoms with Gasteiger partial charge in [0.05, 0.1) is 0 Å². The van der Waals surface area contributed by atoms with E-state index >= 15 is 0 Å². The second-order valence-corrected chi connectivity index (χ2v) is 2.04. The van der Waals surface area contributed by atoms with Crippen LogP contribution in [-0.2, 0) is 4.79 Å². The molecule has 4 N–H and O–H groups in total. The van der Waals surface area contributed by atoms with E-state index < -0.39 is 12.0 Å². The monoisotopic (exact) mass is 173 g/mol. The molecule has 0 radical (unpaired) electrons. The number of nitrogens with one attached hydrogen (secondary N) is 1. The molecular formula is C6H11N3O3. The molecule has 0 aromatic carbocycles. The number of hydrogen-bond donors (Lipinski definition) is 3. The molecule has 2 amide bonds. The average Bonchev–Trinajstić information content (AvgIpc) is 1.84. The summed E-state index contributed by atoms with van der Waals surface area (Å²) in [5.41, 5.74) is 6.91. The van der Waals surface area contributed by atoms with Gasteiger partial charge >= 0.3 is 12.0 Å². The van der Waals surface area contributed by atoms with Gasteiger partial charge in [-0.3, -0.25) is 10.2 Å². The van der Waals surface area contributed by atoms with E-state index in [-0.39, 0.29) is 13.1 Å². The maximum Gasteiger partial charge on any atom is 0.326 e. The molecule has 68 valence electrons. The van der Waals surface area contributed by atoms with E-state index in [9.17, 15) is 9.59 Å². The number of amides is 2. The molecule has 0 spiro atoms. The summed E-state index contributed by atoms with van der Waals surface area (Å²) in [7, 11) is 0. The molecular weight excluding hydrogens is 162 g/mol. The van der Waals surface area contributed by atoms with Crippen LogP contribution in [0.2, 0.25) is 0 Å². The highest BCUT2D eigenvalue weighted by atomic mass is 16.4. The number of carboxylic acids is 1. The van der Waals surface area contributed by atoms with E-state index in [1.165, 1.54) is 6.08 Å². The highest BCUT2D eigenvalue weighted by molar-refractivity contribution is 5.73. The number of hydrogen-bond acceptors (Lipinski definition) is 3. The summed E-state index contributed by atoms with van der Waals surface area (Å²) in [5.74, 6) is -1.05. The molecule has 0 saturated carbocycles. The molecule has 0 rings (SSSR count). The Balaban J connectivity index is 3.93. The van der Waals surface area contributed by atoms with Gasteiger partial charge in [0.15, 0.2) is 0 Å². The Kier molecular flexibility index (Phi) is 4.47. The van der Waals surface area contributed by atoms with Crippen molar-refractivity contribution in [2.24, 2.45) is 5.73 Å². The van der Waals surface area contributed by atoms with Crippen LogP contribution in [0.1, 0.15) is 0 Å². The summed E-state index contributed by atoms with van der Waals surface area (Å²) < 4.78 is 0. The first-order valence-electron chi connectivity index (χ1n) is 3.20. The second kappa shape index (κ2) is 5.14. The van der Waals surface area contributed by atoms with Crippen LogP contribution in [0.4, 0.5) is 4.79 Å². The van der Waals surface area contributed by atoms with Crippen LogP contribution >= 0.6 is 0 Å². The van der Waals surface area contributed by atoms with Crippen molar-refractivity contribution in [3.05, 3.63) is 12.7 Å². The van der Waals surface area contributed by atoms with Crippen LogP contribution in [-0.4, -0.2) is 35.2 Å². The van der Waals surface area contributed by atoms with Crippen molar-refractivity contribution in [1.82, 2.24) is 10.4 Å². The standard InChI is InChI=1S/C6H11N3O3/c1-2-3-9(4-5(10)11)8-6(7)12/h2H,1,3-4H2,(H,10,11)(H3,7,8,12). The Morgan fingerprint density at radius 1 is 1.67 bits per heavy atom. The summed E-state index contributed by atoms with van der Waals surface area (Å²) >= 11 is 0. The first-order valence-corrected chi connectivity index (χ1v) is 3.20. The van der Waals surface area contributed by atoms with E-state index in [0.717, 1.165) is 5.01 Å². The number of nitrogens with two attached hydrogens (primary N) is 1. The van der Waals surface area contributed by atoms with Crippen LogP contribution in [0.3, 0.4) is 0 Å². The zero-order valence-corrected chi connectivity index (χ0v) is 6.49. The third-order valence-corrected chi connectivity index (χ3v) is 0.944. The van der Waals surface area contributed by atoms with Crippen molar-refractivity contribution in [3.8, 4) is 0 Å². The fourth-order valence-corrected chi connectivity index (χ4v) is 0.625. The summed E-state index contributed by atoms with van der Waals surface area (Å²) in [6.45, 7) is 3.31.